The zero-order valence-electron chi connectivity index (χ0n) is 11.5. The second-order valence-corrected chi connectivity index (χ2v) is 6.89. The molecule has 2 bridgehead atoms. The molecule has 2 saturated heterocycles. The molecule has 2 fully saturated rings. The zero-order valence-corrected chi connectivity index (χ0v) is 13.1. The normalized spacial score (nSPS) is 26.3. The Kier molecular flexibility index (Phi) is 3.56. The minimum absolute atomic E-state index is 0.0216. The molecule has 0 spiro atoms. The van der Waals surface area contributed by atoms with Gasteiger partial charge in [0.2, 0.25) is 0 Å². The van der Waals surface area contributed by atoms with Crippen LogP contribution in [0.2, 0.25) is 5.35 Å². The van der Waals surface area contributed by atoms with E-state index >= 15 is 0 Å². The highest BCUT2D eigenvalue weighted by Crippen LogP contribution is 2.32. The second-order valence-electron chi connectivity index (χ2n) is 5.52. The van der Waals surface area contributed by atoms with Crippen molar-refractivity contribution in [1.29, 1.82) is 0 Å². The first kappa shape index (κ1) is 14.0. The number of carbonyl (C=O) groups is 1. The number of carbonyl (C=O) groups excluding carboxylic acids is 1. The maximum Gasteiger partial charge on any atom is 0.312 e. The van der Waals surface area contributed by atoms with Crippen LogP contribution in [-0.4, -0.2) is 29.0 Å². The molecule has 2 aliphatic heterocycles. The first-order valence-electron chi connectivity index (χ1n) is 7.13. The van der Waals surface area contributed by atoms with Crippen LogP contribution >= 0.6 is 22.9 Å². The summed E-state index contributed by atoms with van der Waals surface area (Å²) in [5, 5.41) is 7.19. The third-order valence-corrected chi connectivity index (χ3v) is 5.22. The first-order chi connectivity index (χ1) is 10.7. The van der Waals surface area contributed by atoms with E-state index < -0.39 is 0 Å². The number of hydrogen-bond donors (Lipinski definition) is 2. The maximum absolute atomic E-state index is 12.3. The number of oxazole rings is 1. The van der Waals surface area contributed by atoms with E-state index in [1.807, 2.05) is 0 Å². The van der Waals surface area contributed by atoms with Crippen molar-refractivity contribution in [3.8, 4) is 11.0 Å². The molecular weight excluding hydrogens is 326 g/mol. The van der Waals surface area contributed by atoms with Crippen LogP contribution in [0.15, 0.2) is 22.7 Å². The predicted molar refractivity (Wildman–Crippen MR) is 81.7 cm³/mol. The van der Waals surface area contributed by atoms with Crippen LogP contribution < -0.4 is 15.4 Å². The summed E-state index contributed by atoms with van der Waals surface area (Å²) >= 11 is 6.85. The Morgan fingerprint density at radius 1 is 1.50 bits per heavy atom. The fourth-order valence-electron chi connectivity index (χ4n) is 3.11. The van der Waals surface area contributed by atoms with Crippen LogP contribution in [0.3, 0.4) is 0 Å². The lowest BCUT2D eigenvalue weighted by molar-refractivity contribution is 0.0935. The lowest BCUT2D eigenvalue weighted by atomic mass is 9.95. The molecule has 2 aliphatic rings. The van der Waals surface area contributed by atoms with Gasteiger partial charge in [-0.3, -0.25) is 4.79 Å². The summed E-state index contributed by atoms with van der Waals surface area (Å²) in [5.41, 5.74) is 0. The lowest BCUT2D eigenvalue weighted by Crippen LogP contribution is -2.42. The van der Waals surface area contributed by atoms with Gasteiger partial charge in [-0.1, -0.05) is 11.3 Å². The van der Waals surface area contributed by atoms with Gasteiger partial charge in [-0.15, -0.1) is 0 Å². The molecule has 2 aromatic heterocycles. The highest BCUT2D eigenvalue weighted by molar-refractivity contribution is 7.15. The Morgan fingerprint density at radius 3 is 3.09 bits per heavy atom. The number of rotatable bonds is 4. The number of fused-ring (bicyclic) bond motifs is 2. The van der Waals surface area contributed by atoms with Gasteiger partial charge in [-0.25, -0.2) is 4.98 Å². The Bertz CT molecular complexity index is 701. The number of ether oxygens (including phenoxy) is 1. The van der Waals surface area contributed by atoms with E-state index in [0.29, 0.717) is 22.0 Å². The molecule has 6 nitrogen and oxygen atoms in total. The molecule has 8 heteroatoms. The van der Waals surface area contributed by atoms with Gasteiger partial charge in [-0.05, 0) is 43.0 Å². The summed E-state index contributed by atoms with van der Waals surface area (Å²) in [6, 6.07) is 4.68. The number of nitrogens with zero attached hydrogens (tertiary/aromatic N) is 1. The second kappa shape index (κ2) is 5.57. The van der Waals surface area contributed by atoms with Gasteiger partial charge < -0.3 is 19.8 Å². The van der Waals surface area contributed by atoms with Gasteiger partial charge in [0, 0.05) is 18.1 Å². The highest BCUT2D eigenvalue weighted by Gasteiger charge is 2.39. The smallest absolute Gasteiger partial charge is 0.312 e. The zero-order chi connectivity index (χ0) is 15.1. The summed E-state index contributed by atoms with van der Waals surface area (Å²) < 4.78 is 10.5. The fraction of sp³-hybridized carbons (Fsp3) is 0.429. The molecular formula is C14H14ClN3O3S. The molecule has 22 heavy (non-hydrogen) atoms. The van der Waals surface area contributed by atoms with Crippen LogP contribution in [0.5, 0.6) is 11.0 Å². The Balaban J connectivity index is 1.39. The molecule has 116 valence electrons. The predicted octanol–water partition coefficient (Wildman–Crippen LogP) is 2.80. The quantitative estimate of drug-likeness (QED) is 0.895. The van der Waals surface area contributed by atoms with Crippen molar-refractivity contribution in [2.75, 3.05) is 0 Å². The third-order valence-electron chi connectivity index (χ3n) is 4.08. The summed E-state index contributed by atoms with van der Waals surface area (Å²) in [6.07, 6.45) is 4.76. The minimum atomic E-state index is -0.0604. The SMILES string of the molecule is O=C(NC1CC2CCC1N2)c1ccc(Oc2cnc(Cl)o2)s1. The van der Waals surface area contributed by atoms with Crippen LogP contribution in [0, 0.1) is 0 Å². The fourth-order valence-corrected chi connectivity index (χ4v) is 3.99. The molecule has 4 heterocycles. The molecule has 0 aliphatic carbocycles. The number of aromatic nitrogens is 1. The molecule has 0 radical (unpaired) electrons. The van der Waals surface area contributed by atoms with E-state index in [9.17, 15) is 4.79 Å². The number of nitrogens with one attached hydrogen (secondary N) is 2. The number of hydrogen-bond acceptors (Lipinski definition) is 6. The monoisotopic (exact) mass is 339 g/mol. The van der Waals surface area contributed by atoms with Gasteiger partial charge in [-0.2, -0.15) is 0 Å². The van der Waals surface area contributed by atoms with Crippen LogP contribution in [0.4, 0.5) is 0 Å². The van der Waals surface area contributed by atoms with Crippen molar-refractivity contribution in [1.82, 2.24) is 15.6 Å². The van der Waals surface area contributed by atoms with E-state index in [1.165, 1.54) is 24.0 Å². The van der Waals surface area contributed by atoms with Gasteiger partial charge in [0.1, 0.15) is 6.20 Å². The van der Waals surface area contributed by atoms with E-state index in [0.717, 1.165) is 12.8 Å². The van der Waals surface area contributed by atoms with Crippen LogP contribution in [0.25, 0.3) is 0 Å². The minimum Gasteiger partial charge on any atom is -0.414 e. The van der Waals surface area contributed by atoms with Crippen molar-refractivity contribution in [2.45, 2.75) is 37.4 Å². The average Bonchev–Trinajstić information content (AvgIpc) is 3.24. The van der Waals surface area contributed by atoms with E-state index in [4.69, 9.17) is 20.8 Å². The van der Waals surface area contributed by atoms with E-state index in [1.54, 1.807) is 12.1 Å². The largest absolute Gasteiger partial charge is 0.414 e. The number of thiophene rings is 1. The van der Waals surface area contributed by atoms with Crippen molar-refractivity contribution in [3.05, 3.63) is 28.6 Å². The highest BCUT2D eigenvalue weighted by atomic mass is 35.5. The molecule has 1 amide bonds. The lowest BCUT2D eigenvalue weighted by Gasteiger charge is -2.20. The van der Waals surface area contributed by atoms with Crippen molar-refractivity contribution in [2.24, 2.45) is 0 Å². The standard InChI is InChI=1S/C14H14ClN3O3S/c15-14-16-6-11(21-14)20-12-4-3-10(22-12)13(19)18-9-5-7-1-2-8(9)17-7/h3-4,6-9,17H,1-2,5H2,(H,18,19). The molecule has 0 aromatic carbocycles. The van der Waals surface area contributed by atoms with E-state index in [-0.39, 0.29) is 23.2 Å². The molecule has 4 rings (SSSR count). The van der Waals surface area contributed by atoms with Crippen LogP contribution in [-0.2, 0) is 0 Å². The van der Waals surface area contributed by atoms with Gasteiger partial charge in [0.05, 0.1) is 4.88 Å². The number of amides is 1. The molecule has 2 N–H and O–H groups in total. The van der Waals surface area contributed by atoms with E-state index in [2.05, 4.69) is 15.6 Å². The molecule has 3 unspecified atom stereocenters. The summed E-state index contributed by atoms with van der Waals surface area (Å²) in [6.45, 7) is 0. The molecule has 0 saturated carbocycles. The van der Waals surface area contributed by atoms with Gasteiger partial charge in [0.25, 0.3) is 11.3 Å². The maximum atomic E-state index is 12.3. The Morgan fingerprint density at radius 2 is 2.41 bits per heavy atom. The first-order valence-corrected chi connectivity index (χ1v) is 8.33. The summed E-state index contributed by atoms with van der Waals surface area (Å²) in [4.78, 5) is 16.7. The third kappa shape index (κ3) is 2.71. The average molecular weight is 340 g/mol. The van der Waals surface area contributed by atoms with Gasteiger partial charge in [0.15, 0.2) is 5.06 Å². The molecule has 3 atom stereocenters. The Labute approximate surface area is 135 Å². The summed E-state index contributed by atoms with van der Waals surface area (Å²) in [5.74, 6) is 0.144. The van der Waals surface area contributed by atoms with Crippen molar-refractivity contribution < 1.29 is 13.9 Å². The topological polar surface area (TPSA) is 76.4 Å². The molecule has 2 aromatic rings. The number of halogens is 1. The Hall–Kier alpha value is -1.57. The van der Waals surface area contributed by atoms with Gasteiger partial charge >= 0.3 is 5.95 Å². The summed E-state index contributed by atoms with van der Waals surface area (Å²) in [7, 11) is 0. The van der Waals surface area contributed by atoms with Crippen molar-refractivity contribution in [3.63, 3.8) is 0 Å². The van der Waals surface area contributed by atoms with Crippen molar-refractivity contribution >= 4 is 28.8 Å². The van der Waals surface area contributed by atoms with Crippen LogP contribution in [0.1, 0.15) is 28.9 Å².